The zero-order valence-corrected chi connectivity index (χ0v) is 8.78. The molecule has 5 heteroatoms. The van der Waals surface area contributed by atoms with Crippen molar-refractivity contribution in [2.45, 2.75) is 0 Å². The van der Waals surface area contributed by atoms with Crippen LogP contribution in [0, 0.1) is 11.3 Å². The molecule has 0 aliphatic rings. The van der Waals surface area contributed by atoms with Crippen LogP contribution in [0.5, 0.6) is 0 Å². The molecule has 1 aromatic carbocycles. The molecule has 0 fully saturated rings. The largest absolute Gasteiger partial charge is 0.275 e. The molecular formula is C12H7N5. The molecule has 0 aliphatic carbocycles. The van der Waals surface area contributed by atoms with E-state index in [0.29, 0.717) is 11.6 Å². The summed E-state index contributed by atoms with van der Waals surface area (Å²) >= 11 is 0. The summed E-state index contributed by atoms with van der Waals surface area (Å²) in [7, 11) is 0. The zero-order chi connectivity index (χ0) is 11.7. The van der Waals surface area contributed by atoms with Gasteiger partial charge in [-0.3, -0.25) is 4.57 Å². The Balaban J connectivity index is 2.35. The topological polar surface area (TPSA) is 67.4 Å². The average Bonchev–Trinajstić information content (AvgIpc) is 2.86. The number of nitrogens with zero attached hydrogens (tertiary/aromatic N) is 5. The highest BCUT2D eigenvalue weighted by atomic mass is 15.1. The first-order chi connectivity index (χ1) is 8.40. The average molecular weight is 221 g/mol. The number of fused-ring (bicyclic) bond motifs is 1. The van der Waals surface area contributed by atoms with Gasteiger partial charge in [-0.05, 0) is 12.1 Å². The second-order valence-electron chi connectivity index (χ2n) is 3.45. The maximum atomic E-state index is 8.96. The number of hydrogen-bond acceptors (Lipinski definition) is 4. The maximum Gasteiger partial charge on any atom is 0.218 e. The summed E-state index contributed by atoms with van der Waals surface area (Å²) < 4.78 is 1.66. The molecular weight excluding hydrogens is 214 g/mol. The van der Waals surface area contributed by atoms with Crippen molar-refractivity contribution in [1.29, 1.82) is 5.26 Å². The third-order valence-electron chi connectivity index (χ3n) is 2.49. The molecule has 0 aliphatic heterocycles. The molecule has 0 spiro atoms. The van der Waals surface area contributed by atoms with Crippen LogP contribution in [0.1, 0.15) is 5.82 Å². The second-order valence-corrected chi connectivity index (χ2v) is 3.45. The van der Waals surface area contributed by atoms with Gasteiger partial charge in [0, 0.05) is 17.8 Å². The summed E-state index contributed by atoms with van der Waals surface area (Å²) in [4.78, 5) is 12.4. The normalized spacial score (nSPS) is 10.3. The third kappa shape index (κ3) is 1.43. The van der Waals surface area contributed by atoms with Crippen LogP contribution < -0.4 is 0 Å². The van der Waals surface area contributed by atoms with Gasteiger partial charge in [0.2, 0.25) is 5.82 Å². The number of para-hydroxylation sites is 1. The summed E-state index contributed by atoms with van der Waals surface area (Å²) in [5.41, 5.74) is 0.843. The molecule has 3 rings (SSSR count). The first-order valence-corrected chi connectivity index (χ1v) is 5.04. The van der Waals surface area contributed by atoms with Gasteiger partial charge in [0.05, 0.1) is 5.52 Å². The molecule has 3 aromatic rings. The van der Waals surface area contributed by atoms with Crippen molar-refractivity contribution in [2.24, 2.45) is 0 Å². The third-order valence-corrected chi connectivity index (χ3v) is 2.49. The summed E-state index contributed by atoms with van der Waals surface area (Å²) in [5, 5.41) is 9.86. The number of hydrogen-bond donors (Lipinski definition) is 0. The fourth-order valence-electron chi connectivity index (χ4n) is 1.74. The molecule has 0 bridgehead atoms. The molecule has 0 N–H and O–H groups in total. The van der Waals surface area contributed by atoms with Gasteiger partial charge < -0.3 is 0 Å². The van der Waals surface area contributed by atoms with Gasteiger partial charge >= 0.3 is 0 Å². The SMILES string of the molecule is N#Cc1nccn1-c1ncnc2ccccc12. The Morgan fingerprint density at radius 2 is 2.00 bits per heavy atom. The highest BCUT2D eigenvalue weighted by molar-refractivity contribution is 5.85. The first kappa shape index (κ1) is 9.48. The van der Waals surface area contributed by atoms with Crippen molar-refractivity contribution >= 4 is 10.9 Å². The van der Waals surface area contributed by atoms with Crippen LogP contribution in [-0.4, -0.2) is 19.5 Å². The molecule has 0 radical (unpaired) electrons. The Labute approximate surface area is 97.0 Å². The molecule has 0 unspecified atom stereocenters. The lowest BCUT2D eigenvalue weighted by Gasteiger charge is -2.05. The maximum absolute atomic E-state index is 8.96. The van der Waals surface area contributed by atoms with E-state index in [1.807, 2.05) is 30.3 Å². The van der Waals surface area contributed by atoms with Crippen LogP contribution in [0.2, 0.25) is 0 Å². The van der Waals surface area contributed by atoms with E-state index in [9.17, 15) is 0 Å². The summed E-state index contributed by atoms with van der Waals surface area (Å²) in [6.07, 6.45) is 4.78. The smallest absolute Gasteiger partial charge is 0.218 e. The quantitative estimate of drug-likeness (QED) is 0.627. The van der Waals surface area contributed by atoms with E-state index >= 15 is 0 Å². The Morgan fingerprint density at radius 3 is 2.88 bits per heavy atom. The number of benzene rings is 1. The lowest BCUT2D eigenvalue weighted by molar-refractivity contribution is 0.968. The van der Waals surface area contributed by atoms with Crippen LogP contribution in [0.25, 0.3) is 16.7 Å². The van der Waals surface area contributed by atoms with Crippen molar-refractivity contribution in [2.75, 3.05) is 0 Å². The van der Waals surface area contributed by atoms with Crippen LogP contribution in [-0.2, 0) is 0 Å². The van der Waals surface area contributed by atoms with Crippen molar-refractivity contribution in [3.8, 4) is 11.9 Å². The second kappa shape index (κ2) is 3.68. The standard InChI is InChI=1S/C12H7N5/c13-7-11-14-5-6-17(11)12-9-3-1-2-4-10(9)15-8-16-12/h1-6,8H. The Kier molecular flexibility index (Phi) is 2.06. The predicted molar refractivity (Wildman–Crippen MR) is 61.4 cm³/mol. The van der Waals surface area contributed by atoms with Gasteiger partial charge in [0.15, 0.2) is 0 Å². The lowest BCUT2D eigenvalue weighted by atomic mass is 10.2. The number of rotatable bonds is 1. The van der Waals surface area contributed by atoms with Crippen LogP contribution in [0.15, 0.2) is 43.0 Å². The number of imidazole rings is 1. The Morgan fingerprint density at radius 1 is 1.12 bits per heavy atom. The van der Waals surface area contributed by atoms with Crippen LogP contribution >= 0.6 is 0 Å². The highest BCUT2D eigenvalue weighted by Crippen LogP contribution is 2.18. The number of nitriles is 1. The van der Waals surface area contributed by atoms with Gasteiger partial charge in [0.1, 0.15) is 18.2 Å². The Bertz CT molecular complexity index is 718. The predicted octanol–water partition coefficient (Wildman–Crippen LogP) is 1.69. The van der Waals surface area contributed by atoms with E-state index in [-0.39, 0.29) is 0 Å². The molecule has 2 aromatic heterocycles. The van der Waals surface area contributed by atoms with Crippen molar-refractivity contribution in [3.63, 3.8) is 0 Å². The molecule has 0 saturated carbocycles. The lowest BCUT2D eigenvalue weighted by Crippen LogP contribution is -2.01. The molecule has 2 heterocycles. The summed E-state index contributed by atoms with van der Waals surface area (Å²) in [6, 6.07) is 9.69. The minimum Gasteiger partial charge on any atom is -0.275 e. The van der Waals surface area contributed by atoms with Crippen molar-refractivity contribution < 1.29 is 0 Å². The fraction of sp³-hybridized carbons (Fsp3) is 0. The number of aromatic nitrogens is 4. The minimum absolute atomic E-state index is 0.314. The Hall–Kier alpha value is -2.74. The van der Waals surface area contributed by atoms with E-state index in [2.05, 4.69) is 15.0 Å². The molecule has 0 saturated heterocycles. The minimum atomic E-state index is 0.314. The van der Waals surface area contributed by atoms with E-state index in [4.69, 9.17) is 5.26 Å². The van der Waals surface area contributed by atoms with Crippen LogP contribution in [0.3, 0.4) is 0 Å². The van der Waals surface area contributed by atoms with Gasteiger partial charge in [0.25, 0.3) is 0 Å². The van der Waals surface area contributed by atoms with E-state index in [0.717, 1.165) is 10.9 Å². The van der Waals surface area contributed by atoms with Gasteiger partial charge in [-0.1, -0.05) is 12.1 Å². The van der Waals surface area contributed by atoms with Crippen LogP contribution in [0.4, 0.5) is 0 Å². The van der Waals surface area contributed by atoms with Crippen molar-refractivity contribution in [3.05, 3.63) is 48.8 Å². The molecule has 0 atom stereocenters. The van der Waals surface area contributed by atoms with E-state index in [1.54, 1.807) is 17.0 Å². The molecule has 5 nitrogen and oxygen atoms in total. The molecule has 0 amide bonds. The highest BCUT2D eigenvalue weighted by Gasteiger charge is 2.08. The van der Waals surface area contributed by atoms with Gasteiger partial charge in [-0.2, -0.15) is 5.26 Å². The van der Waals surface area contributed by atoms with E-state index in [1.165, 1.54) is 6.33 Å². The van der Waals surface area contributed by atoms with Gasteiger partial charge in [-0.15, -0.1) is 0 Å². The monoisotopic (exact) mass is 221 g/mol. The molecule has 80 valence electrons. The fourth-order valence-corrected chi connectivity index (χ4v) is 1.74. The van der Waals surface area contributed by atoms with Gasteiger partial charge in [-0.25, -0.2) is 15.0 Å². The summed E-state index contributed by atoms with van der Waals surface area (Å²) in [6.45, 7) is 0. The first-order valence-electron chi connectivity index (χ1n) is 5.04. The van der Waals surface area contributed by atoms with Crippen molar-refractivity contribution in [1.82, 2.24) is 19.5 Å². The molecule has 17 heavy (non-hydrogen) atoms. The zero-order valence-electron chi connectivity index (χ0n) is 8.78. The summed E-state index contributed by atoms with van der Waals surface area (Å²) in [5.74, 6) is 0.985. The van der Waals surface area contributed by atoms with E-state index < -0.39 is 0 Å².